The van der Waals surface area contributed by atoms with Crippen LogP contribution in [0, 0.1) is 0 Å². The molecular formula is C15H23F7O3S. The maximum atomic E-state index is 12.9. The molecule has 0 saturated carbocycles. The number of hydrogen-bond acceptors (Lipinski definition) is 4. The van der Waals surface area contributed by atoms with Crippen LogP contribution in [0.4, 0.5) is 30.7 Å². The predicted molar refractivity (Wildman–Crippen MR) is 83.9 cm³/mol. The van der Waals surface area contributed by atoms with E-state index in [-0.39, 0.29) is 25.4 Å². The van der Waals surface area contributed by atoms with E-state index in [0.29, 0.717) is 31.6 Å². The molecule has 0 amide bonds. The number of halogens is 7. The van der Waals surface area contributed by atoms with Gasteiger partial charge >= 0.3 is 24.0 Å². The largest absolute Gasteiger partial charge is 0.466 e. The Morgan fingerprint density at radius 2 is 1.31 bits per heavy atom. The third-order valence-corrected chi connectivity index (χ3v) is 3.58. The topological polar surface area (TPSA) is 35.5 Å². The molecule has 0 radical (unpaired) electrons. The van der Waals surface area contributed by atoms with Crippen LogP contribution < -0.4 is 0 Å². The highest BCUT2D eigenvalue weighted by atomic mass is 32.1. The summed E-state index contributed by atoms with van der Waals surface area (Å²) >= 11 is 3.89. The number of esters is 1. The van der Waals surface area contributed by atoms with Gasteiger partial charge in [-0.25, -0.2) is 0 Å². The summed E-state index contributed by atoms with van der Waals surface area (Å²) in [5, 5.41) is 0. The van der Waals surface area contributed by atoms with E-state index in [1.165, 1.54) is 0 Å². The Bertz CT molecular complexity index is 403. The van der Waals surface area contributed by atoms with Gasteiger partial charge in [-0.3, -0.25) is 4.79 Å². The summed E-state index contributed by atoms with van der Waals surface area (Å²) in [6.07, 6.45) is -2.31. The van der Waals surface area contributed by atoms with Crippen LogP contribution in [0.15, 0.2) is 0 Å². The smallest absolute Gasteiger partial charge is 0.459 e. The van der Waals surface area contributed by atoms with Crippen molar-refractivity contribution < 1.29 is 45.0 Å². The first-order valence-electron chi connectivity index (χ1n) is 8.12. The zero-order valence-corrected chi connectivity index (χ0v) is 15.0. The van der Waals surface area contributed by atoms with E-state index in [2.05, 4.69) is 17.4 Å². The van der Waals surface area contributed by atoms with Gasteiger partial charge in [-0.1, -0.05) is 25.7 Å². The number of unbranched alkanes of at least 4 members (excludes halogenated alkanes) is 5. The molecule has 0 bridgehead atoms. The molecule has 0 saturated heterocycles. The first kappa shape index (κ1) is 25.3. The second kappa shape index (κ2) is 11.9. The minimum absolute atomic E-state index is 0.247. The van der Waals surface area contributed by atoms with E-state index in [4.69, 9.17) is 4.74 Å². The van der Waals surface area contributed by atoms with Crippen molar-refractivity contribution >= 4 is 18.6 Å². The Kier molecular flexibility index (Phi) is 11.6. The number of rotatable bonds is 14. The van der Waals surface area contributed by atoms with Gasteiger partial charge in [0, 0.05) is 12.4 Å². The molecule has 0 aromatic rings. The molecule has 0 fully saturated rings. The van der Waals surface area contributed by atoms with Gasteiger partial charge < -0.3 is 9.47 Å². The molecule has 0 aromatic heterocycles. The molecule has 11 heteroatoms. The second-order valence-corrected chi connectivity index (χ2v) is 6.09. The van der Waals surface area contributed by atoms with Crippen molar-refractivity contribution in [3.63, 3.8) is 0 Å². The van der Waals surface area contributed by atoms with Gasteiger partial charge in [-0.05, 0) is 12.8 Å². The van der Waals surface area contributed by atoms with Crippen molar-refractivity contribution in [1.82, 2.24) is 0 Å². The van der Waals surface area contributed by atoms with E-state index in [1.807, 2.05) is 0 Å². The highest BCUT2D eigenvalue weighted by Crippen LogP contribution is 2.46. The normalized spacial score (nSPS) is 13.1. The number of carbonyl (C=O) groups excluding carboxylic acids is 1. The molecule has 0 aliphatic rings. The van der Waals surface area contributed by atoms with E-state index in [9.17, 15) is 35.5 Å². The lowest BCUT2D eigenvalue weighted by Gasteiger charge is -2.27. The van der Waals surface area contributed by atoms with Crippen molar-refractivity contribution in [1.29, 1.82) is 0 Å². The molecule has 0 aliphatic heterocycles. The highest BCUT2D eigenvalue weighted by Gasteiger charge is 2.72. The summed E-state index contributed by atoms with van der Waals surface area (Å²) in [6, 6.07) is 0. The van der Waals surface area contributed by atoms with Crippen LogP contribution in [0.1, 0.15) is 44.9 Å². The minimum Gasteiger partial charge on any atom is -0.466 e. The molecule has 26 heavy (non-hydrogen) atoms. The summed E-state index contributed by atoms with van der Waals surface area (Å²) in [5.41, 5.74) is 0. The molecular weight excluding hydrogens is 393 g/mol. The summed E-state index contributed by atoms with van der Waals surface area (Å²) < 4.78 is 95.9. The van der Waals surface area contributed by atoms with Crippen LogP contribution in [-0.2, 0) is 14.3 Å². The average Bonchev–Trinajstić information content (AvgIpc) is 2.51. The maximum absolute atomic E-state index is 12.9. The lowest BCUT2D eigenvalue weighted by Crippen LogP contribution is -2.54. The van der Waals surface area contributed by atoms with Crippen LogP contribution in [0.3, 0.4) is 0 Å². The van der Waals surface area contributed by atoms with Gasteiger partial charge in [0.05, 0.1) is 13.0 Å². The van der Waals surface area contributed by atoms with Gasteiger partial charge in [0.25, 0.3) is 0 Å². The maximum Gasteiger partial charge on any atom is 0.459 e. The van der Waals surface area contributed by atoms with Crippen LogP contribution in [0.5, 0.6) is 0 Å². The van der Waals surface area contributed by atoms with Gasteiger partial charge in [0.2, 0.25) is 0 Å². The third-order valence-electron chi connectivity index (χ3n) is 3.36. The molecule has 0 N–H and O–H groups in total. The number of alkyl halides is 7. The Labute approximate surface area is 153 Å². The summed E-state index contributed by atoms with van der Waals surface area (Å²) in [7, 11) is 0. The van der Waals surface area contributed by atoms with Gasteiger partial charge in [-0.2, -0.15) is 43.4 Å². The van der Waals surface area contributed by atoms with Crippen molar-refractivity contribution in [2.45, 2.75) is 63.0 Å². The van der Waals surface area contributed by atoms with Crippen molar-refractivity contribution in [2.24, 2.45) is 0 Å². The fourth-order valence-corrected chi connectivity index (χ4v) is 2.04. The molecule has 156 valence electrons. The fraction of sp³-hybridized carbons (Fsp3) is 0.933. The van der Waals surface area contributed by atoms with Crippen molar-refractivity contribution in [3.05, 3.63) is 0 Å². The lowest BCUT2D eigenvalue weighted by molar-refractivity contribution is -0.361. The first-order valence-corrected chi connectivity index (χ1v) is 8.75. The zero-order chi connectivity index (χ0) is 20.3. The second-order valence-electron chi connectivity index (χ2n) is 5.64. The van der Waals surface area contributed by atoms with Crippen LogP contribution >= 0.6 is 12.6 Å². The molecule has 0 heterocycles. The standard InChI is InChI=1S/C15H23F7O3S/c16-13(17,14(18,19)15(20,21)22)11-24-8-5-3-1-2-4-6-9-25-12(23)7-10-26/h26H,1-11H2. The van der Waals surface area contributed by atoms with E-state index in [0.717, 1.165) is 12.8 Å². The molecule has 0 aromatic carbocycles. The Morgan fingerprint density at radius 3 is 1.81 bits per heavy atom. The minimum atomic E-state index is -6.33. The summed E-state index contributed by atoms with van der Waals surface area (Å²) in [6.45, 7) is -2.01. The Morgan fingerprint density at radius 1 is 0.808 bits per heavy atom. The Hall–Kier alpha value is -0.710. The third kappa shape index (κ3) is 9.29. The van der Waals surface area contributed by atoms with E-state index >= 15 is 0 Å². The fourth-order valence-electron chi connectivity index (χ4n) is 1.86. The van der Waals surface area contributed by atoms with Crippen molar-refractivity contribution in [2.75, 3.05) is 25.6 Å². The summed E-state index contributed by atoms with van der Waals surface area (Å²) in [4.78, 5) is 11.0. The number of ether oxygens (including phenoxy) is 2. The highest BCUT2D eigenvalue weighted by molar-refractivity contribution is 7.80. The summed E-state index contributed by atoms with van der Waals surface area (Å²) in [5.74, 6) is -11.3. The van der Waals surface area contributed by atoms with E-state index < -0.39 is 24.6 Å². The molecule has 0 spiro atoms. The monoisotopic (exact) mass is 416 g/mol. The first-order chi connectivity index (χ1) is 12.0. The zero-order valence-electron chi connectivity index (χ0n) is 14.1. The molecule has 3 nitrogen and oxygen atoms in total. The van der Waals surface area contributed by atoms with Gasteiger partial charge in [0.15, 0.2) is 0 Å². The van der Waals surface area contributed by atoms with Crippen molar-refractivity contribution in [3.8, 4) is 0 Å². The average molecular weight is 416 g/mol. The SMILES string of the molecule is O=C(CCS)OCCCCCCCCOCC(F)(F)C(F)(F)C(F)(F)F. The predicted octanol–water partition coefficient (Wildman–Crippen LogP) is 5.04. The lowest BCUT2D eigenvalue weighted by atomic mass is 10.1. The number of carbonyl (C=O) groups is 1. The molecule has 0 rings (SSSR count). The molecule has 0 aliphatic carbocycles. The quantitative estimate of drug-likeness (QED) is 0.187. The van der Waals surface area contributed by atoms with Crippen LogP contribution in [-0.4, -0.2) is 49.6 Å². The number of thiol groups is 1. The molecule has 0 unspecified atom stereocenters. The number of hydrogen-bond donors (Lipinski definition) is 1. The Balaban J connectivity index is 3.66. The molecule has 0 atom stereocenters. The van der Waals surface area contributed by atoms with Gasteiger partial charge in [-0.15, -0.1) is 0 Å². The van der Waals surface area contributed by atoms with E-state index in [1.54, 1.807) is 0 Å². The van der Waals surface area contributed by atoms with Gasteiger partial charge in [0.1, 0.15) is 6.61 Å². The van der Waals surface area contributed by atoms with Crippen LogP contribution in [0.2, 0.25) is 0 Å². The van der Waals surface area contributed by atoms with Crippen LogP contribution in [0.25, 0.3) is 0 Å².